The van der Waals surface area contributed by atoms with E-state index in [2.05, 4.69) is 5.32 Å². The van der Waals surface area contributed by atoms with E-state index in [0.717, 1.165) is 5.56 Å². The third-order valence-corrected chi connectivity index (χ3v) is 5.95. The zero-order chi connectivity index (χ0) is 18.6. The Bertz CT molecular complexity index is 832. The Morgan fingerprint density at radius 2 is 1.88 bits per heavy atom. The minimum Gasteiger partial charge on any atom is -0.467 e. The van der Waals surface area contributed by atoms with Crippen LogP contribution in [0.4, 0.5) is 0 Å². The minimum absolute atomic E-state index is 0. The number of nitrogens with one attached hydrogen (secondary N) is 1. The van der Waals surface area contributed by atoms with E-state index in [0.29, 0.717) is 11.3 Å². The van der Waals surface area contributed by atoms with Gasteiger partial charge in [0.05, 0.1) is 17.0 Å². The van der Waals surface area contributed by atoms with Crippen molar-refractivity contribution in [2.75, 3.05) is 7.05 Å². The van der Waals surface area contributed by atoms with E-state index in [1.54, 1.807) is 37.4 Å². The summed E-state index contributed by atoms with van der Waals surface area (Å²) in [5, 5.41) is 2.75. The zero-order valence-electron chi connectivity index (χ0n) is 14.9. The third kappa shape index (κ3) is 5.07. The van der Waals surface area contributed by atoms with Crippen LogP contribution in [0, 0.1) is 0 Å². The number of rotatable bonds is 7. The highest BCUT2D eigenvalue weighted by Gasteiger charge is 2.22. The molecule has 0 saturated carbocycles. The van der Waals surface area contributed by atoms with E-state index < -0.39 is 10.0 Å². The van der Waals surface area contributed by atoms with E-state index in [1.165, 1.54) is 10.6 Å². The number of nitrogens with two attached hydrogens (primary N) is 1. The Labute approximate surface area is 160 Å². The van der Waals surface area contributed by atoms with Gasteiger partial charge in [-0.3, -0.25) is 4.79 Å². The predicted molar refractivity (Wildman–Crippen MR) is 102 cm³/mol. The van der Waals surface area contributed by atoms with Crippen molar-refractivity contribution in [1.29, 1.82) is 0 Å². The number of halogens is 1. The summed E-state index contributed by atoms with van der Waals surface area (Å²) < 4.78 is 31.2. The molecule has 0 aliphatic carbocycles. The van der Waals surface area contributed by atoms with E-state index in [4.69, 9.17) is 10.2 Å². The van der Waals surface area contributed by atoms with Crippen LogP contribution in [0.5, 0.6) is 0 Å². The standard InChI is InChI=1S/C17H23N3O4S.ClH/c1-12(2)20(3)25(22,23)16-6-4-13(5-7-16)10-19-17(21)14-8-15(9-18)24-11-14;/h4-8,11-12H,9-10,18H2,1-3H3,(H,19,21);1H. The lowest BCUT2D eigenvalue weighted by Gasteiger charge is -2.21. The van der Waals surface area contributed by atoms with E-state index in [-0.39, 0.29) is 42.3 Å². The second-order valence-corrected chi connectivity index (χ2v) is 7.94. The van der Waals surface area contributed by atoms with Gasteiger partial charge in [-0.1, -0.05) is 12.1 Å². The second kappa shape index (κ2) is 9.18. The van der Waals surface area contributed by atoms with Gasteiger partial charge in [-0.15, -0.1) is 12.4 Å². The van der Waals surface area contributed by atoms with Gasteiger partial charge in [-0.05, 0) is 37.6 Å². The van der Waals surface area contributed by atoms with Crippen LogP contribution in [0.25, 0.3) is 0 Å². The molecule has 0 fully saturated rings. The number of hydrogen-bond donors (Lipinski definition) is 2. The molecule has 1 aromatic heterocycles. The molecule has 0 aliphatic rings. The summed E-state index contributed by atoms with van der Waals surface area (Å²) in [4.78, 5) is 12.2. The molecule has 1 aromatic carbocycles. The number of benzene rings is 1. The van der Waals surface area contributed by atoms with Crippen LogP contribution in [0.2, 0.25) is 0 Å². The fraction of sp³-hybridized carbons (Fsp3) is 0.353. The normalized spacial score (nSPS) is 11.5. The number of carbonyl (C=O) groups is 1. The van der Waals surface area contributed by atoms with Crippen LogP contribution in [0.15, 0.2) is 45.9 Å². The molecule has 2 rings (SSSR count). The maximum absolute atomic E-state index is 12.4. The first kappa shape index (κ1) is 22.2. The summed E-state index contributed by atoms with van der Waals surface area (Å²) in [6.45, 7) is 4.14. The van der Waals surface area contributed by atoms with Crippen molar-refractivity contribution in [2.45, 2.75) is 37.9 Å². The van der Waals surface area contributed by atoms with Crippen molar-refractivity contribution in [2.24, 2.45) is 5.73 Å². The van der Waals surface area contributed by atoms with Gasteiger partial charge in [0.1, 0.15) is 12.0 Å². The Hall–Kier alpha value is -1.87. The van der Waals surface area contributed by atoms with Crippen molar-refractivity contribution in [3.05, 3.63) is 53.5 Å². The summed E-state index contributed by atoms with van der Waals surface area (Å²) in [5.41, 5.74) is 6.63. The largest absolute Gasteiger partial charge is 0.467 e. The minimum atomic E-state index is -3.51. The van der Waals surface area contributed by atoms with Crippen LogP contribution in [0.3, 0.4) is 0 Å². The number of amides is 1. The molecule has 0 atom stereocenters. The zero-order valence-corrected chi connectivity index (χ0v) is 16.6. The molecule has 1 amide bonds. The van der Waals surface area contributed by atoms with Crippen LogP contribution in [-0.2, 0) is 23.1 Å². The number of furan rings is 1. The fourth-order valence-electron chi connectivity index (χ4n) is 2.11. The summed E-state index contributed by atoms with van der Waals surface area (Å²) in [5.74, 6) is 0.258. The molecule has 9 heteroatoms. The first-order valence-electron chi connectivity index (χ1n) is 7.88. The fourth-order valence-corrected chi connectivity index (χ4v) is 3.48. The van der Waals surface area contributed by atoms with Gasteiger partial charge in [-0.25, -0.2) is 8.42 Å². The predicted octanol–water partition coefficient (Wildman–Crippen LogP) is 2.12. The Kier molecular flexibility index (Phi) is 7.83. The average Bonchev–Trinajstić information content (AvgIpc) is 3.08. The van der Waals surface area contributed by atoms with Crippen LogP contribution in [-0.4, -0.2) is 31.7 Å². The molecule has 7 nitrogen and oxygen atoms in total. The second-order valence-electron chi connectivity index (χ2n) is 5.95. The van der Waals surface area contributed by atoms with Crippen LogP contribution >= 0.6 is 12.4 Å². The summed E-state index contributed by atoms with van der Waals surface area (Å²) in [7, 11) is -1.96. The molecule has 0 spiro atoms. The smallest absolute Gasteiger partial charge is 0.254 e. The maximum atomic E-state index is 12.4. The highest BCUT2D eigenvalue weighted by Crippen LogP contribution is 2.17. The van der Waals surface area contributed by atoms with Gasteiger partial charge in [-0.2, -0.15) is 4.31 Å². The molecule has 0 unspecified atom stereocenters. The number of carbonyl (C=O) groups excluding carboxylic acids is 1. The topological polar surface area (TPSA) is 106 Å². The first-order valence-corrected chi connectivity index (χ1v) is 9.32. The molecule has 0 radical (unpaired) electrons. The molecule has 26 heavy (non-hydrogen) atoms. The molecule has 144 valence electrons. The molecule has 1 heterocycles. The van der Waals surface area contributed by atoms with E-state index in [9.17, 15) is 13.2 Å². The van der Waals surface area contributed by atoms with Crippen molar-refractivity contribution < 1.29 is 17.6 Å². The van der Waals surface area contributed by atoms with Gasteiger partial charge in [0.15, 0.2) is 0 Å². The number of nitrogens with zero attached hydrogens (tertiary/aromatic N) is 1. The lowest BCUT2D eigenvalue weighted by molar-refractivity contribution is 0.0950. The Morgan fingerprint density at radius 3 is 2.38 bits per heavy atom. The Balaban J connectivity index is 0.00000338. The summed E-state index contributed by atoms with van der Waals surface area (Å²) >= 11 is 0. The molecule has 0 bridgehead atoms. The molecule has 3 N–H and O–H groups in total. The lowest BCUT2D eigenvalue weighted by Crippen LogP contribution is -2.33. The van der Waals surface area contributed by atoms with Crippen molar-refractivity contribution >= 4 is 28.3 Å². The van der Waals surface area contributed by atoms with E-state index in [1.807, 2.05) is 13.8 Å². The third-order valence-electron chi connectivity index (χ3n) is 3.90. The quantitative estimate of drug-likeness (QED) is 0.739. The van der Waals surface area contributed by atoms with Gasteiger partial charge >= 0.3 is 0 Å². The number of hydrogen-bond acceptors (Lipinski definition) is 5. The highest BCUT2D eigenvalue weighted by molar-refractivity contribution is 7.89. The Morgan fingerprint density at radius 1 is 1.27 bits per heavy atom. The lowest BCUT2D eigenvalue weighted by atomic mass is 10.2. The van der Waals surface area contributed by atoms with Crippen molar-refractivity contribution in [1.82, 2.24) is 9.62 Å². The van der Waals surface area contributed by atoms with Crippen LogP contribution < -0.4 is 11.1 Å². The molecular weight excluding hydrogens is 378 g/mol. The maximum Gasteiger partial charge on any atom is 0.254 e. The van der Waals surface area contributed by atoms with Gasteiger partial charge < -0.3 is 15.5 Å². The monoisotopic (exact) mass is 401 g/mol. The molecule has 0 aliphatic heterocycles. The SMILES string of the molecule is CC(C)N(C)S(=O)(=O)c1ccc(CNC(=O)c2coc(CN)c2)cc1.Cl. The van der Waals surface area contributed by atoms with Gasteiger partial charge in [0, 0.05) is 19.6 Å². The van der Waals surface area contributed by atoms with Crippen LogP contribution in [0.1, 0.15) is 35.5 Å². The molecule has 0 saturated heterocycles. The van der Waals surface area contributed by atoms with Gasteiger partial charge in [0.2, 0.25) is 10.0 Å². The molecule has 2 aromatic rings. The molecular formula is C17H24ClN3O4S. The van der Waals surface area contributed by atoms with Crippen molar-refractivity contribution in [3.8, 4) is 0 Å². The van der Waals surface area contributed by atoms with Crippen molar-refractivity contribution in [3.63, 3.8) is 0 Å². The summed E-state index contributed by atoms with van der Waals surface area (Å²) in [6.07, 6.45) is 1.36. The highest BCUT2D eigenvalue weighted by atomic mass is 35.5. The number of sulfonamides is 1. The first-order chi connectivity index (χ1) is 11.8. The van der Waals surface area contributed by atoms with Gasteiger partial charge in [0.25, 0.3) is 5.91 Å². The summed E-state index contributed by atoms with van der Waals surface area (Å²) in [6, 6.07) is 7.91. The van der Waals surface area contributed by atoms with E-state index >= 15 is 0 Å². The average molecular weight is 402 g/mol.